The highest BCUT2D eigenvalue weighted by molar-refractivity contribution is 7.11. The fourth-order valence-corrected chi connectivity index (χ4v) is 2.83. The van der Waals surface area contributed by atoms with Crippen molar-refractivity contribution in [3.05, 3.63) is 16.1 Å². The van der Waals surface area contributed by atoms with Crippen LogP contribution in [-0.4, -0.2) is 42.0 Å². The number of carbonyl (C=O) groups excluding carboxylic acids is 1. The molecule has 1 aromatic rings. The molecule has 1 aliphatic heterocycles. The zero-order chi connectivity index (χ0) is 12.1. The van der Waals surface area contributed by atoms with Gasteiger partial charge in [0.25, 0.3) is 5.91 Å². The molecule has 94 valence electrons. The number of aromatic nitrogens is 1. The molecule has 0 saturated carbocycles. The van der Waals surface area contributed by atoms with E-state index in [1.807, 2.05) is 6.92 Å². The summed E-state index contributed by atoms with van der Waals surface area (Å²) in [6.45, 7) is 6.17. The first-order valence-corrected chi connectivity index (χ1v) is 7.06. The zero-order valence-electron chi connectivity index (χ0n) is 10.2. The summed E-state index contributed by atoms with van der Waals surface area (Å²) in [6.07, 6.45) is 3.68. The molecule has 1 aromatic heterocycles. The SMILES string of the molecule is Cc1ncsc1C(=O)NCCCN1CCCC1. The first-order valence-electron chi connectivity index (χ1n) is 6.18. The molecule has 0 atom stereocenters. The van der Waals surface area contributed by atoms with Crippen LogP contribution in [0.5, 0.6) is 0 Å². The first-order chi connectivity index (χ1) is 8.27. The second-order valence-corrected chi connectivity index (χ2v) is 5.28. The Kier molecular flexibility index (Phi) is 4.50. The third kappa shape index (κ3) is 3.51. The normalized spacial score (nSPS) is 16.3. The van der Waals surface area contributed by atoms with E-state index in [4.69, 9.17) is 0 Å². The van der Waals surface area contributed by atoms with Crippen molar-refractivity contribution in [2.24, 2.45) is 0 Å². The topological polar surface area (TPSA) is 45.2 Å². The van der Waals surface area contributed by atoms with Gasteiger partial charge in [-0.1, -0.05) is 0 Å². The van der Waals surface area contributed by atoms with Crippen LogP contribution in [0.25, 0.3) is 0 Å². The molecule has 0 unspecified atom stereocenters. The highest BCUT2D eigenvalue weighted by atomic mass is 32.1. The predicted octanol–water partition coefficient (Wildman–Crippen LogP) is 1.67. The Bertz CT molecular complexity index is 372. The van der Waals surface area contributed by atoms with Crippen molar-refractivity contribution in [1.82, 2.24) is 15.2 Å². The number of carbonyl (C=O) groups is 1. The summed E-state index contributed by atoms with van der Waals surface area (Å²) in [5.41, 5.74) is 2.54. The minimum Gasteiger partial charge on any atom is -0.351 e. The molecule has 1 N–H and O–H groups in total. The number of nitrogens with zero attached hydrogens (tertiary/aromatic N) is 2. The molecule has 1 fully saturated rings. The van der Waals surface area contributed by atoms with Crippen molar-refractivity contribution < 1.29 is 4.79 Å². The number of nitrogens with one attached hydrogen (secondary N) is 1. The van der Waals surface area contributed by atoms with Crippen molar-refractivity contribution in [3.63, 3.8) is 0 Å². The Labute approximate surface area is 106 Å². The molecule has 1 aliphatic rings. The third-order valence-electron chi connectivity index (χ3n) is 3.09. The molecule has 0 aromatic carbocycles. The smallest absolute Gasteiger partial charge is 0.263 e. The predicted molar refractivity (Wildman–Crippen MR) is 69.5 cm³/mol. The number of amides is 1. The van der Waals surface area contributed by atoms with Crippen LogP contribution in [-0.2, 0) is 0 Å². The Hall–Kier alpha value is -0.940. The summed E-state index contributed by atoms with van der Waals surface area (Å²) in [5.74, 6) is 0.0198. The van der Waals surface area contributed by atoms with Crippen LogP contribution in [0.4, 0.5) is 0 Å². The van der Waals surface area contributed by atoms with E-state index in [1.54, 1.807) is 5.51 Å². The van der Waals surface area contributed by atoms with Gasteiger partial charge in [-0.05, 0) is 45.8 Å². The van der Waals surface area contributed by atoms with Gasteiger partial charge < -0.3 is 10.2 Å². The van der Waals surface area contributed by atoms with Gasteiger partial charge in [-0.15, -0.1) is 11.3 Å². The standard InChI is InChI=1S/C12H19N3OS/c1-10-11(17-9-14-10)12(16)13-5-4-8-15-6-2-3-7-15/h9H,2-8H2,1H3,(H,13,16). The summed E-state index contributed by atoms with van der Waals surface area (Å²) in [6, 6.07) is 0. The van der Waals surface area contributed by atoms with Gasteiger partial charge in [0.2, 0.25) is 0 Å². The fraction of sp³-hybridized carbons (Fsp3) is 0.667. The fourth-order valence-electron chi connectivity index (χ4n) is 2.11. The van der Waals surface area contributed by atoms with Crippen LogP contribution in [0.2, 0.25) is 0 Å². The average molecular weight is 253 g/mol. The Morgan fingerprint density at radius 2 is 2.29 bits per heavy atom. The molecule has 2 rings (SSSR count). The van der Waals surface area contributed by atoms with Crippen molar-refractivity contribution in [2.75, 3.05) is 26.2 Å². The van der Waals surface area contributed by atoms with E-state index in [1.165, 1.54) is 37.3 Å². The van der Waals surface area contributed by atoms with Gasteiger partial charge in [-0.25, -0.2) is 4.98 Å². The lowest BCUT2D eigenvalue weighted by Crippen LogP contribution is -2.28. The van der Waals surface area contributed by atoms with E-state index in [0.29, 0.717) is 0 Å². The molecule has 0 bridgehead atoms. The molecule has 0 spiro atoms. The minimum atomic E-state index is 0.0198. The van der Waals surface area contributed by atoms with Gasteiger partial charge in [0.1, 0.15) is 4.88 Å². The van der Waals surface area contributed by atoms with Crippen LogP contribution < -0.4 is 5.32 Å². The summed E-state index contributed by atoms with van der Waals surface area (Å²) in [7, 11) is 0. The van der Waals surface area contributed by atoms with Crippen molar-refractivity contribution in [2.45, 2.75) is 26.2 Å². The molecular formula is C12H19N3OS. The molecule has 0 aliphatic carbocycles. The van der Waals surface area contributed by atoms with Crippen molar-refractivity contribution in [3.8, 4) is 0 Å². The number of hydrogen-bond acceptors (Lipinski definition) is 4. The molecule has 1 amide bonds. The van der Waals surface area contributed by atoms with E-state index in [0.717, 1.165) is 30.1 Å². The van der Waals surface area contributed by atoms with Crippen LogP contribution in [0, 0.1) is 6.92 Å². The molecule has 4 nitrogen and oxygen atoms in total. The second-order valence-electron chi connectivity index (χ2n) is 4.43. The van der Waals surface area contributed by atoms with Crippen molar-refractivity contribution in [1.29, 1.82) is 0 Å². The lowest BCUT2D eigenvalue weighted by atomic mass is 10.3. The van der Waals surface area contributed by atoms with E-state index in [2.05, 4.69) is 15.2 Å². The maximum absolute atomic E-state index is 11.8. The maximum Gasteiger partial charge on any atom is 0.263 e. The quantitative estimate of drug-likeness (QED) is 0.812. The monoisotopic (exact) mass is 253 g/mol. The van der Waals surface area contributed by atoms with E-state index in [-0.39, 0.29) is 5.91 Å². The first kappa shape index (κ1) is 12.5. The molecular weight excluding hydrogens is 234 g/mol. The summed E-state index contributed by atoms with van der Waals surface area (Å²) >= 11 is 1.41. The average Bonchev–Trinajstić information content (AvgIpc) is 2.95. The Morgan fingerprint density at radius 1 is 1.53 bits per heavy atom. The van der Waals surface area contributed by atoms with Crippen molar-refractivity contribution >= 4 is 17.2 Å². The minimum absolute atomic E-state index is 0.0198. The highest BCUT2D eigenvalue weighted by Crippen LogP contribution is 2.11. The van der Waals surface area contributed by atoms with Gasteiger partial charge in [0, 0.05) is 6.54 Å². The van der Waals surface area contributed by atoms with E-state index in [9.17, 15) is 4.79 Å². The number of aryl methyl sites for hydroxylation is 1. The number of likely N-dealkylation sites (tertiary alicyclic amines) is 1. The van der Waals surface area contributed by atoms with Crippen LogP contribution in [0.1, 0.15) is 34.6 Å². The van der Waals surface area contributed by atoms with Crippen LogP contribution >= 0.6 is 11.3 Å². The second kappa shape index (κ2) is 6.12. The summed E-state index contributed by atoms with van der Waals surface area (Å²) < 4.78 is 0. The van der Waals surface area contributed by atoms with Crippen LogP contribution in [0.3, 0.4) is 0 Å². The zero-order valence-corrected chi connectivity index (χ0v) is 11.1. The van der Waals surface area contributed by atoms with Gasteiger partial charge >= 0.3 is 0 Å². The van der Waals surface area contributed by atoms with Gasteiger partial charge in [0.05, 0.1) is 11.2 Å². The molecule has 0 radical (unpaired) electrons. The Balaban J connectivity index is 1.65. The number of thiazole rings is 1. The van der Waals surface area contributed by atoms with Crippen LogP contribution in [0.15, 0.2) is 5.51 Å². The molecule has 2 heterocycles. The third-order valence-corrected chi connectivity index (χ3v) is 4.01. The van der Waals surface area contributed by atoms with Gasteiger partial charge in [-0.2, -0.15) is 0 Å². The van der Waals surface area contributed by atoms with E-state index < -0.39 is 0 Å². The molecule has 5 heteroatoms. The lowest BCUT2D eigenvalue weighted by molar-refractivity contribution is 0.0955. The number of rotatable bonds is 5. The maximum atomic E-state index is 11.8. The van der Waals surface area contributed by atoms with E-state index >= 15 is 0 Å². The lowest BCUT2D eigenvalue weighted by Gasteiger charge is -2.14. The largest absolute Gasteiger partial charge is 0.351 e. The molecule has 1 saturated heterocycles. The highest BCUT2D eigenvalue weighted by Gasteiger charge is 2.12. The number of hydrogen-bond donors (Lipinski definition) is 1. The van der Waals surface area contributed by atoms with Gasteiger partial charge in [-0.3, -0.25) is 4.79 Å². The van der Waals surface area contributed by atoms with Gasteiger partial charge in [0.15, 0.2) is 0 Å². The summed E-state index contributed by atoms with van der Waals surface area (Å²) in [5, 5.41) is 2.95. The Morgan fingerprint density at radius 3 is 2.94 bits per heavy atom. The molecule has 17 heavy (non-hydrogen) atoms. The summed E-state index contributed by atoms with van der Waals surface area (Å²) in [4.78, 5) is 19.1.